The smallest absolute Gasteiger partial charge is 0.0861 e. The topological polar surface area (TPSA) is 40.5 Å². The lowest BCUT2D eigenvalue weighted by atomic mass is 9.85. The molecule has 0 radical (unpaired) electrons. The lowest BCUT2D eigenvalue weighted by molar-refractivity contribution is 0.113. The monoisotopic (exact) mass is 268 g/mol. The molecule has 0 heterocycles. The maximum Gasteiger partial charge on any atom is 0.0861 e. The summed E-state index contributed by atoms with van der Waals surface area (Å²) in [4.78, 5) is 0. The van der Waals surface area contributed by atoms with Crippen molar-refractivity contribution in [2.75, 3.05) is 12.4 Å². The number of thioether (sulfide) groups is 1. The molecular weight excluding hydrogens is 244 g/mol. The number of aliphatic hydroxyl groups is 2. The van der Waals surface area contributed by atoms with Crippen LogP contribution in [-0.4, -0.2) is 33.4 Å². The van der Waals surface area contributed by atoms with E-state index in [-0.39, 0.29) is 11.4 Å². The molecule has 1 rings (SSSR count). The Labute approximate surface area is 114 Å². The Bertz CT molecular complexity index is 338. The van der Waals surface area contributed by atoms with Gasteiger partial charge in [-0.25, -0.2) is 0 Å². The first-order valence-corrected chi connectivity index (χ1v) is 7.47. The van der Waals surface area contributed by atoms with Crippen molar-refractivity contribution in [2.45, 2.75) is 44.0 Å². The standard InChI is InChI=1S/C15H24O2S/c1-4-14(12-8-6-5-7-9-12)15(2,3)18-11-13(17)10-16/h5-9,13-14,16-17H,4,10-11H2,1-3H3. The molecule has 2 atom stereocenters. The molecule has 0 bridgehead atoms. The van der Waals surface area contributed by atoms with Gasteiger partial charge in [0.05, 0.1) is 12.7 Å². The van der Waals surface area contributed by atoms with Crippen LogP contribution < -0.4 is 0 Å². The average Bonchev–Trinajstić information content (AvgIpc) is 2.38. The zero-order valence-corrected chi connectivity index (χ0v) is 12.3. The van der Waals surface area contributed by atoms with Gasteiger partial charge in [0.1, 0.15) is 0 Å². The van der Waals surface area contributed by atoms with Crippen LogP contribution in [0, 0.1) is 0 Å². The fraction of sp³-hybridized carbons (Fsp3) is 0.600. The van der Waals surface area contributed by atoms with E-state index >= 15 is 0 Å². The third-order valence-electron chi connectivity index (χ3n) is 3.31. The molecule has 1 aromatic carbocycles. The Morgan fingerprint density at radius 1 is 1.22 bits per heavy atom. The minimum absolute atomic E-state index is 0.0479. The van der Waals surface area contributed by atoms with Gasteiger partial charge in [-0.3, -0.25) is 0 Å². The van der Waals surface area contributed by atoms with Crippen molar-refractivity contribution in [1.82, 2.24) is 0 Å². The van der Waals surface area contributed by atoms with Gasteiger partial charge in [0.25, 0.3) is 0 Å². The molecule has 3 heteroatoms. The van der Waals surface area contributed by atoms with Gasteiger partial charge in [0.15, 0.2) is 0 Å². The van der Waals surface area contributed by atoms with E-state index in [1.165, 1.54) is 5.56 Å². The number of benzene rings is 1. The van der Waals surface area contributed by atoms with E-state index in [2.05, 4.69) is 45.0 Å². The van der Waals surface area contributed by atoms with E-state index in [0.717, 1.165) is 6.42 Å². The third kappa shape index (κ3) is 4.30. The van der Waals surface area contributed by atoms with Gasteiger partial charge in [-0.15, -0.1) is 0 Å². The molecule has 18 heavy (non-hydrogen) atoms. The highest BCUT2D eigenvalue weighted by atomic mass is 32.2. The van der Waals surface area contributed by atoms with Crippen molar-refractivity contribution in [2.24, 2.45) is 0 Å². The molecular formula is C15H24O2S. The van der Waals surface area contributed by atoms with E-state index in [4.69, 9.17) is 5.11 Å². The van der Waals surface area contributed by atoms with Crippen LogP contribution in [0.2, 0.25) is 0 Å². The minimum Gasteiger partial charge on any atom is -0.394 e. The molecule has 1 aromatic rings. The highest BCUT2D eigenvalue weighted by Crippen LogP contribution is 2.41. The Kier molecular flexibility index (Phi) is 6.19. The van der Waals surface area contributed by atoms with Crippen molar-refractivity contribution in [3.05, 3.63) is 35.9 Å². The second-order valence-electron chi connectivity index (χ2n) is 5.12. The molecule has 0 spiro atoms. The minimum atomic E-state index is -0.623. The predicted octanol–water partition coefficient (Wildman–Crippen LogP) is 3.05. The molecule has 0 saturated carbocycles. The van der Waals surface area contributed by atoms with Crippen molar-refractivity contribution in [3.8, 4) is 0 Å². The Morgan fingerprint density at radius 2 is 1.83 bits per heavy atom. The molecule has 0 aromatic heterocycles. The van der Waals surface area contributed by atoms with Crippen molar-refractivity contribution in [1.29, 1.82) is 0 Å². The summed E-state index contributed by atoms with van der Waals surface area (Å²) in [6.07, 6.45) is 0.446. The largest absolute Gasteiger partial charge is 0.394 e. The number of aliphatic hydroxyl groups excluding tert-OH is 2. The van der Waals surface area contributed by atoms with Gasteiger partial charge < -0.3 is 10.2 Å². The third-order valence-corrected chi connectivity index (χ3v) is 4.89. The van der Waals surface area contributed by atoms with Crippen LogP contribution in [0.15, 0.2) is 30.3 Å². The molecule has 0 aliphatic rings. The van der Waals surface area contributed by atoms with Crippen molar-refractivity contribution >= 4 is 11.8 Å². The quantitative estimate of drug-likeness (QED) is 0.798. The predicted molar refractivity (Wildman–Crippen MR) is 79.1 cm³/mol. The number of rotatable bonds is 7. The second kappa shape index (κ2) is 7.17. The Hall–Kier alpha value is -0.510. The first-order valence-electron chi connectivity index (χ1n) is 6.49. The summed E-state index contributed by atoms with van der Waals surface area (Å²) in [5.74, 6) is 1.03. The lowest BCUT2D eigenvalue weighted by Gasteiger charge is -2.34. The van der Waals surface area contributed by atoms with Gasteiger partial charge in [0, 0.05) is 10.5 Å². The van der Waals surface area contributed by atoms with Crippen LogP contribution in [0.4, 0.5) is 0 Å². The molecule has 2 unspecified atom stereocenters. The van der Waals surface area contributed by atoms with Gasteiger partial charge in [-0.2, -0.15) is 11.8 Å². The normalized spacial score (nSPS) is 15.4. The van der Waals surface area contributed by atoms with Crippen molar-refractivity contribution < 1.29 is 10.2 Å². The van der Waals surface area contributed by atoms with Gasteiger partial charge in [-0.05, 0) is 17.9 Å². The van der Waals surface area contributed by atoms with E-state index in [1.54, 1.807) is 11.8 Å². The fourth-order valence-electron chi connectivity index (χ4n) is 2.28. The Morgan fingerprint density at radius 3 is 2.33 bits per heavy atom. The van der Waals surface area contributed by atoms with Gasteiger partial charge >= 0.3 is 0 Å². The summed E-state index contributed by atoms with van der Waals surface area (Å²) in [6.45, 7) is 6.46. The first-order chi connectivity index (χ1) is 8.51. The summed E-state index contributed by atoms with van der Waals surface area (Å²) in [5, 5.41) is 18.4. The van der Waals surface area contributed by atoms with Crippen LogP contribution in [0.25, 0.3) is 0 Å². The SMILES string of the molecule is CCC(c1ccccc1)C(C)(C)SCC(O)CO. The molecule has 102 valence electrons. The van der Waals surface area contributed by atoms with E-state index < -0.39 is 6.10 Å². The summed E-state index contributed by atoms with van der Waals surface area (Å²) in [7, 11) is 0. The first kappa shape index (κ1) is 15.5. The van der Waals surface area contributed by atoms with Crippen LogP contribution in [-0.2, 0) is 0 Å². The fourth-order valence-corrected chi connectivity index (χ4v) is 3.51. The zero-order valence-electron chi connectivity index (χ0n) is 11.5. The average molecular weight is 268 g/mol. The molecule has 0 aliphatic carbocycles. The summed E-state index contributed by atoms with van der Waals surface area (Å²) < 4.78 is 0.0479. The Balaban J connectivity index is 2.74. The number of hydrogen-bond donors (Lipinski definition) is 2. The van der Waals surface area contributed by atoms with Gasteiger partial charge in [-0.1, -0.05) is 51.1 Å². The molecule has 0 aliphatic heterocycles. The summed E-state index contributed by atoms with van der Waals surface area (Å²) >= 11 is 1.73. The molecule has 2 N–H and O–H groups in total. The lowest BCUT2D eigenvalue weighted by Crippen LogP contribution is -2.28. The second-order valence-corrected chi connectivity index (χ2v) is 6.80. The maximum atomic E-state index is 9.48. The van der Waals surface area contributed by atoms with Crippen molar-refractivity contribution in [3.63, 3.8) is 0 Å². The van der Waals surface area contributed by atoms with E-state index in [9.17, 15) is 5.11 Å². The van der Waals surface area contributed by atoms with E-state index in [0.29, 0.717) is 11.7 Å². The molecule has 0 fully saturated rings. The highest BCUT2D eigenvalue weighted by Gasteiger charge is 2.30. The summed E-state index contributed by atoms with van der Waals surface area (Å²) in [6, 6.07) is 10.5. The molecule has 0 amide bonds. The summed E-state index contributed by atoms with van der Waals surface area (Å²) in [5.41, 5.74) is 1.34. The van der Waals surface area contributed by atoms with E-state index in [1.807, 2.05) is 6.07 Å². The highest BCUT2D eigenvalue weighted by molar-refractivity contribution is 8.00. The van der Waals surface area contributed by atoms with Gasteiger partial charge in [0.2, 0.25) is 0 Å². The van der Waals surface area contributed by atoms with Crippen LogP contribution in [0.5, 0.6) is 0 Å². The number of hydrogen-bond acceptors (Lipinski definition) is 3. The maximum absolute atomic E-state index is 9.48. The van der Waals surface area contributed by atoms with Crippen LogP contribution in [0.1, 0.15) is 38.7 Å². The zero-order chi connectivity index (χ0) is 13.6. The van der Waals surface area contributed by atoms with Crippen LogP contribution >= 0.6 is 11.8 Å². The van der Waals surface area contributed by atoms with Crippen LogP contribution in [0.3, 0.4) is 0 Å². The molecule has 0 saturated heterocycles. The molecule has 2 nitrogen and oxygen atoms in total.